The fourth-order valence-corrected chi connectivity index (χ4v) is 1.32. The molecule has 1 aromatic rings. The second-order valence-corrected chi connectivity index (χ2v) is 3.57. The molecule has 0 bridgehead atoms. The highest BCUT2D eigenvalue weighted by molar-refractivity contribution is 5.95. The minimum atomic E-state index is -0.0411. The van der Waals surface area contributed by atoms with Gasteiger partial charge in [-0.1, -0.05) is 66.0 Å². The average molecular weight is 303 g/mol. The van der Waals surface area contributed by atoms with Gasteiger partial charge in [0.25, 0.3) is 5.91 Å². The molecule has 0 aliphatic rings. The Bertz CT molecular complexity index is 421. The van der Waals surface area contributed by atoms with E-state index in [1.165, 1.54) is 0 Å². The maximum absolute atomic E-state index is 11.7. The third-order valence-corrected chi connectivity index (χ3v) is 2.28. The Labute approximate surface area is 137 Å². The molecule has 1 rings (SSSR count). The van der Waals surface area contributed by atoms with Gasteiger partial charge >= 0.3 is 0 Å². The van der Waals surface area contributed by atoms with Crippen molar-refractivity contribution in [1.29, 1.82) is 0 Å². The van der Waals surface area contributed by atoms with Crippen molar-refractivity contribution in [3.05, 3.63) is 67.8 Å². The van der Waals surface area contributed by atoms with Crippen LogP contribution in [0.15, 0.2) is 56.7 Å². The fourth-order valence-electron chi connectivity index (χ4n) is 1.32. The van der Waals surface area contributed by atoms with Gasteiger partial charge in [0.15, 0.2) is 0 Å². The number of hydrogen-bond acceptors (Lipinski definition) is 1. The molecule has 0 saturated heterocycles. The predicted octanol–water partition coefficient (Wildman–Crippen LogP) is 5.88. The zero-order valence-electron chi connectivity index (χ0n) is 15.0. The van der Waals surface area contributed by atoms with Gasteiger partial charge in [0.05, 0.1) is 0 Å². The molecule has 0 spiro atoms. The lowest BCUT2D eigenvalue weighted by Gasteiger charge is -2.06. The summed E-state index contributed by atoms with van der Waals surface area (Å²) in [5.41, 5.74) is 2.42. The van der Waals surface area contributed by atoms with E-state index < -0.39 is 0 Å². The normalized spacial score (nSPS) is 7.68. The number of carbonyl (C=O) groups is 1. The van der Waals surface area contributed by atoms with Crippen molar-refractivity contribution in [2.24, 2.45) is 0 Å². The van der Waals surface area contributed by atoms with Crippen molar-refractivity contribution in [2.45, 2.75) is 41.0 Å². The summed E-state index contributed by atoms with van der Waals surface area (Å²) in [6.07, 6.45) is 2.62. The molecule has 2 nitrogen and oxygen atoms in total. The van der Waals surface area contributed by atoms with Crippen molar-refractivity contribution in [3.8, 4) is 0 Å². The maximum Gasteiger partial charge on any atom is 0.251 e. The first-order valence-corrected chi connectivity index (χ1v) is 7.89. The van der Waals surface area contributed by atoms with E-state index >= 15 is 0 Å². The first kappa shape index (κ1) is 24.9. The summed E-state index contributed by atoms with van der Waals surface area (Å²) in [6, 6.07) is 7.39. The third kappa shape index (κ3) is 10.7. The van der Waals surface area contributed by atoms with Gasteiger partial charge < -0.3 is 5.32 Å². The highest BCUT2D eigenvalue weighted by atomic mass is 16.1. The van der Waals surface area contributed by atoms with E-state index in [4.69, 9.17) is 0 Å². The number of hydrogen-bond donors (Lipinski definition) is 1. The Morgan fingerprint density at radius 1 is 1.14 bits per heavy atom. The Morgan fingerprint density at radius 2 is 1.64 bits per heavy atom. The summed E-state index contributed by atoms with van der Waals surface area (Å²) in [4.78, 5) is 11.7. The first-order valence-electron chi connectivity index (χ1n) is 7.89. The molecule has 0 aliphatic heterocycles. The smallest absolute Gasteiger partial charge is 0.251 e. The number of allylic oxidation sites excluding steroid dienone is 2. The van der Waals surface area contributed by atoms with Crippen LogP contribution in [-0.4, -0.2) is 12.5 Å². The van der Waals surface area contributed by atoms with E-state index in [1.807, 2.05) is 52.8 Å². The predicted molar refractivity (Wildman–Crippen MR) is 102 cm³/mol. The van der Waals surface area contributed by atoms with Crippen LogP contribution in [0.2, 0.25) is 0 Å². The number of benzene rings is 1. The molecular weight excluding hydrogens is 270 g/mol. The van der Waals surface area contributed by atoms with Crippen molar-refractivity contribution < 1.29 is 4.79 Å². The van der Waals surface area contributed by atoms with Gasteiger partial charge in [-0.25, -0.2) is 0 Å². The van der Waals surface area contributed by atoms with Crippen LogP contribution in [0.25, 0.3) is 5.57 Å². The summed E-state index contributed by atoms with van der Waals surface area (Å²) >= 11 is 0. The molecule has 1 amide bonds. The summed E-state index contributed by atoms with van der Waals surface area (Å²) in [5.74, 6) is -0.0411. The van der Waals surface area contributed by atoms with Crippen LogP contribution in [0, 0.1) is 0 Å². The van der Waals surface area contributed by atoms with Crippen LogP contribution in [0.4, 0.5) is 0 Å². The van der Waals surface area contributed by atoms with Crippen LogP contribution in [0.1, 0.15) is 57.0 Å². The zero-order valence-corrected chi connectivity index (χ0v) is 15.0. The Morgan fingerprint density at radius 3 is 2.09 bits per heavy atom. The lowest BCUT2D eigenvalue weighted by Crippen LogP contribution is -2.23. The summed E-state index contributed by atoms with van der Waals surface area (Å²) in [6.45, 7) is 24.2. The molecule has 22 heavy (non-hydrogen) atoms. The standard InChI is InChI=1S/C14H17NO.2C2H6.C2H4/c1-4-9-15-14(16)13-8-6-7-12(10-13)11(3)5-2;3*1-2/h5-8,10H,2-4,9H2,1H3,(H,15,16);2*1-2H3;1-2H2. The lowest BCUT2D eigenvalue weighted by atomic mass is 10.0. The van der Waals surface area contributed by atoms with Gasteiger partial charge in [-0.3, -0.25) is 4.79 Å². The molecule has 0 unspecified atom stereocenters. The molecule has 0 heterocycles. The molecule has 1 aromatic carbocycles. The highest BCUT2D eigenvalue weighted by Gasteiger charge is 2.05. The van der Waals surface area contributed by atoms with E-state index in [0.717, 1.165) is 17.6 Å². The topological polar surface area (TPSA) is 29.1 Å². The average Bonchev–Trinajstić information content (AvgIpc) is 2.64. The van der Waals surface area contributed by atoms with E-state index in [-0.39, 0.29) is 5.91 Å². The van der Waals surface area contributed by atoms with Gasteiger partial charge in [0.1, 0.15) is 0 Å². The minimum Gasteiger partial charge on any atom is -0.352 e. The lowest BCUT2D eigenvalue weighted by molar-refractivity contribution is 0.0953. The Kier molecular flexibility index (Phi) is 21.4. The van der Waals surface area contributed by atoms with Gasteiger partial charge in [0.2, 0.25) is 0 Å². The van der Waals surface area contributed by atoms with Gasteiger partial charge in [-0.15, -0.1) is 13.2 Å². The van der Waals surface area contributed by atoms with E-state index in [9.17, 15) is 4.79 Å². The largest absolute Gasteiger partial charge is 0.352 e. The number of carbonyl (C=O) groups excluding carboxylic acids is 1. The zero-order chi connectivity index (χ0) is 18.0. The van der Waals surface area contributed by atoms with Crippen LogP contribution < -0.4 is 5.32 Å². The van der Waals surface area contributed by atoms with Gasteiger partial charge in [0, 0.05) is 12.1 Å². The molecule has 124 valence electrons. The summed E-state index contributed by atoms with van der Waals surface area (Å²) < 4.78 is 0. The van der Waals surface area contributed by atoms with Gasteiger partial charge in [-0.05, 0) is 29.7 Å². The molecule has 1 N–H and O–H groups in total. The molecule has 0 aromatic heterocycles. The van der Waals surface area contributed by atoms with E-state index in [2.05, 4.69) is 31.6 Å². The van der Waals surface area contributed by atoms with Crippen LogP contribution in [-0.2, 0) is 0 Å². The molecule has 0 saturated carbocycles. The quantitative estimate of drug-likeness (QED) is 0.534. The monoisotopic (exact) mass is 303 g/mol. The van der Waals surface area contributed by atoms with E-state index in [1.54, 1.807) is 12.1 Å². The Balaban J connectivity index is -0.000000535. The molecule has 2 heteroatoms. The third-order valence-electron chi connectivity index (χ3n) is 2.28. The van der Waals surface area contributed by atoms with Gasteiger partial charge in [-0.2, -0.15) is 0 Å². The SMILES string of the molecule is C=C.C=CC(=C)c1cccc(C(=O)NCCC)c1.CC.CC. The first-order chi connectivity index (χ1) is 10.7. The van der Waals surface area contributed by atoms with Crippen molar-refractivity contribution in [2.75, 3.05) is 6.54 Å². The summed E-state index contributed by atoms with van der Waals surface area (Å²) in [7, 11) is 0. The van der Waals surface area contributed by atoms with Crippen LogP contribution in [0.5, 0.6) is 0 Å². The summed E-state index contributed by atoms with van der Waals surface area (Å²) in [5, 5.41) is 2.84. The molecule has 0 radical (unpaired) electrons. The van der Waals surface area contributed by atoms with Crippen molar-refractivity contribution in [3.63, 3.8) is 0 Å². The van der Waals surface area contributed by atoms with Crippen molar-refractivity contribution in [1.82, 2.24) is 5.32 Å². The molecular formula is C20H33NO. The fraction of sp³-hybridized carbons (Fsp3) is 0.350. The van der Waals surface area contributed by atoms with Crippen LogP contribution in [0.3, 0.4) is 0 Å². The molecule has 0 atom stereocenters. The molecule has 0 aliphatic carbocycles. The number of nitrogens with one attached hydrogen (secondary N) is 1. The van der Waals surface area contributed by atoms with Crippen molar-refractivity contribution >= 4 is 11.5 Å². The number of rotatable bonds is 5. The molecule has 0 fully saturated rings. The second kappa shape index (κ2) is 18.9. The maximum atomic E-state index is 11.7. The Hall–Kier alpha value is -2.09. The second-order valence-electron chi connectivity index (χ2n) is 3.57. The van der Waals surface area contributed by atoms with Crippen LogP contribution >= 0.6 is 0 Å². The number of amides is 1. The highest BCUT2D eigenvalue weighted by Crippen LogP contribution is 2.14. The minimum absolute atomic E-state index is 0.0411. The van der Waals surface area contributed by atoms with E-state index in [0.29, 0.717) is 12.1 Å².